The van der Waals surface area contributed by atoms with Crippen LogP contribution in [0.25, 0.3) is 0 Å². The van der Waals surface area contributed by atoms with Gasteiger partial charge in [-0.1, -0.05) is 30.3 Å². The second-order valence-corrected chi connectivity index (χ2v) is 3.18. The monoisotopic (exact) mass is 191 g/mol. The maximum atomic E-state index is 8.17. The minimum absolute atomic E-state index is 0.0649. The smallest absolute Gasteiger partial charge is 0.119 e. The van der Waals surface area contributed by atoms with Crippen LogP contribution in [0.5, 0.6) is 5.75 Å². The standard InChI is InChI=1S/C13H12O/c1-14-11-6-7-12-9-2-4-10(5-3-9)13(12)8-11/h2-10H,1H3/i2D,3D,4D,5D,6D,7D,8D. The van der Waals surface area contributed by atoms with Gasteiger partial charge < -0.3 is 4.74 Å². The first kappa shape index (κ1) is 3.58. The van der Waals surface area contributed by atoms with Crippen molar-refractivity contribution in [2.75, 3.05) is 7.11 Å². The van der Waals surface area contributed by atoms with Gasteiger partial charge in [0.05, 0.1) is 16.7 Å². The lowest BCUT2D eigenvalue weighted by molar-refractivity contribution is 0.414. The zero-order valence-corrected chi connectivity index (χ0v) is 7.56. The highest BCUT2D eigenvalue weighted by Gasteiger charge is 2.24. The summed E-state index contributed by atoms with van der Waals surface area (Å²) in [5.41, 5.74) is 0.498. The molecule has 70 valence electrons. The normalized spacial score (nSPS) is 36.2. The zero-order valence-electron chi connectivity index (χ0n) is 14.6. The van der Waals surface area contributed by atoms with Gasteiger partial charge in [0.15, 0.2) is 0 Å². The molecule has 0 radical (unpaired) electrons. The second-order valence-electron chi connectivity index (χ2n) is 3.18. The van der Waals surface area contributed by atoms with Crippen LogP contribution >= 0.6 is 0 Å². The van der Waals surface area contributed by atoms with Gasteiger partial charge in [0.2, 0.25) is 0 Å². The summed E-state index contributed by atoms with van der Waals surface area (Å²) in [6, 6.07) is -1.04. The topological polar surface area (TPSA) is 9.23 Å². The molecule has 0 amide bonds. The van der Waals surface area contributed by atoms with E-state index < -0.39 is 11.8 Å². The number of methoxy groups -OCH3 is 1. The molecule has 0 unspecified atom stereocenters. The summed E-state index contributed by atoms with van der Waals surface area (Å²) < 4.78 is 61.1. The Kier molecular flexibility index (Phi) is 0.701. The first-order valence-corrected chi connectivity index (χ1v) is 4.34. The fourth-order valence-corrected chi connectivity index (χ4v) is 1.66. The van der Waals surface area contributed by atoms with Crippen LogP contribution in [0, 0.1) is 0 Å². The van der Waals surface area contributed by atoms with Crippen molar-refractivity contribution in [2.45, 2.75) is 11.8 Å². The minimum Gasteiger partial charge on any atom is -0.497 e. The van der Waals surface area contributed by atoms with Gasteiger partial charge in [-0.2, -0.15) is 0 Å². The molecule has 4 rings (SSSR count). The van der Waals surface area contributed by atoms with Crippen LogP contribution in [0.2, 0.25) is 0 Å². The van der Waals surface area contributed by atoms with E-state index in [4.69, 9.17) is 14.3 Å². The second kappa shape index (κ2) is 2.74. The third-order valence-electron chi connectivity index (χ3n) is 2.37. The van der Waals surface area contributed by atoms with Gasteiger partial charge in [0.25, 0.3) is 0 Å². The molecule has 1 nitrogen and oxygen atoms in total. The van der Waals surface area contributed by atoms with E-state index in [9.17, 15) is 0 Å². The van der Waals surface area contributed by atoms with Crippen LogP contribution in [0.1, 0.15) is 32.6 Å². The molecular formula is C13H12O. The van der Waals surface area contributed by atoms with Crippen molar-refractivity contribution >= 4 is 0 Å². The van der Waals surface area contributed by atoms with Gasteiger partial charge in [-0.05, 0) is 23.2 Å². The summed E-state index contributed by atoms with van der Waals surface area (Å²) in [5.74, 6) is -2.03. The molecule has 1 aromatic rings. The summed E-state index contributed by atoms with van der Waals surface area (Å²) >= 11 is 0. The van der Waals surface area contributed by atoms with Crippen molar-refractivity contribution < 1.29 is 14.3 Å². The van der Waals surface area contributed by atoms with Crippen molar-refractivity contribution in [3.63, 3.8) is 0 Å². The SMILES string of the molecule is [2H]C1=C([2H])C2C([2H])=C([2H])C1c1c([2H])c([2H])c(OC)c([2H])c12. The molecule has 0 saturated heterocycles. The Hall–Kier alpha value is -1.50. The number of allylic oxidation sites excluding steroid dienone is 4. The van der Waals surface area contributed by atoms with Gasteiger partial charge in [0, 0.05) is 11.8 Å². The Morgan fingerprint density at radius 3 is 2.36 bits per heavy atom. The summed E-state index contributed by atoms with van der Waals surface area (Å²) in [7, 11) is 1.30. The molecule has 3 aliphatic rings. The highest BCUT2D eigenvalue weighted by atomic mass is 16.5. The Morgan fingerprint density at radius 2 is 1.71 bits per heavy atom. The molecule has 14 heavy (non-hydrogen) atoms. The molecule has 0 saturated carbocycles. The molecular weight excluding hydrogens is 172 g/mol. The lowest BCUT2D eigenvalue weighted by Crippen LogP contribution is -2.11. The predicted molar refractivity (Wildman–Crippen MR) is 56.8 cm³/mol. The van der Waals surface area contributed by atoms with E-state index >= 15 is 0 Å². The first-order valence-electron chi connectivity index (χ1n) is 7.84. The average molecular weight is 191 g/mol. The zero-order chi connectivity index (χ0) is 15.6. The van der Waals surface area contributed by atoms with Gasteiger partial charge in [-0.3, -0.25) is 0 Å². The molecule has 2 bridgehead atoms. The molecule has 1 aromatic carbocycles. The van der Waals surface area contributed by atoms with E-state index in [0.717, 1.165) is 0 Å². The summed E-state index contributed by atoms with van der Waals surface area (Å²) in [5, 5.41) is 0. The van der Waals surface area contributed by atoms with Gasteiger partial charge in [-0.25, -0.2) is 0 Å². The number of benzene rings is 1. The van der Waals surface area contributed by atoms with E-state index in [1.165, 1.54) is 7.11 Å². The van der Waals surface area contributed by atoms with E-state index in [1.54, 1.807) is 0 Å². The van der Waals surface area contributed by atoms with Crippen LogP contribution in [-0.2, 0) is 0 Å². The van der Waals surface area contributed by atoms with Crippen LogP contribution < -0.4 is 4.74 Å². The van der Waals surface area contributed by atoms with Crippen molar-refractivity contribution in [3.8, 4) is 5.75 Å². The van der Waals surface area contributed by atoms with Gasteiger partial charge in [0.1, 0.15) is 5.75 Å². The fraction of sp³-hybridized carbons (Fsp3) is 0.231. The summed E-state index contributed by atoms with van der Waals surface area (Å²) in [4.78, 5) is 0. The highest BCUT2D eigenvalue weighted by molar-refractivity contribution is 5.52. The molecule has 0 fully saturated rings. The van der Waals surface area contributed by atoms with Crippen molar-refractivity contribution in [1.82, 2.24) is 0 Å². The highest BCUT2D eigenvalue weighted by Crippen LogP contribution is 2.41. The number of rotatable bonds is 1. The molecule has 0 spiro atoms. The van der Waals surface area contributed by atoms with Gasteiger partial charge >= 0.3 is 0 Å². The third kappa shape index (κ3) is 0.955. The fourth-order valence-electron chi connectivity index (χ4n) is 1.66. The number of hydrogen-bond donors (Lipinski definition) is 0. The maximum Gasteiger partial charge on any atom is 0.119 e. The summed E-state index contributed by atoms with van der Waals surface area (Å²) in [6.45, 7) is 0. The maximum absolute atomic E-state index is 8.17. The first-order chi connectivity index (χ1) is 9.82. The van der Waals surface area contributed by atoms with E-state index in [-0.39, 0.29) is 59.2 Å². The minimum atomic E-state index is -0.989. The van der Waals surface area contributed by atoms with Crippen LogP contribution in [0.3, 0.4) is 0 Å². The molecule has 0 aliphatic heterocycles. The third-order valence-corrected chi connectivity index (χ3v) is 2.37. The van der Waals surface area contributed by atoms with Gasteiger partial charge in [-0.15, -0.1) is 0 Å². The van der Waals surface area contributed by atoms with Crippen LogP contribution in [0.15, 0.2) is 42.3 Å². The number of ether oxygens (including phenoxy) is 1. The Bertz CT molecular complexity index is 709. The molecule has 1 heteroatoms. The van der Waals surface area contributed by atoms with Crippen LogP contribution in [0.4, 0.5) is 0 Å². The Morgan fingerprint density at radius 1 is 1.07 bits per heavy atom. The van der Waals surface area contributed by atoms with Crippen LogP contribution in [-0.4, -0.2) is 7.11 Å². The lowest BCUT2D eigenvalue weighted by Gasteiger charge is -2.28. The van der Waals surface area contributed by atoms with Crippen molar-refractivity contribution in [3.05, 3.63) is 53.5 Å². The molecule has 3 aliphatic carbocycles. The Labute approximate surface area is 93.5 Å². The lowest BCUT2D eigenvalue weighted by atomic mass is 9.76. The quantitative estimate of drug-likeness (QED) is 0.620. The van der Waals surface area contributed by atoms with Crippen molar-refractivity contribution in [2.24, 2.45) is 0 Å². The predicted octanol–water partition coefficient (Wildman–Crippen LogP) is 3.00. The van der Waals surface area contributed by atoms with Crippen molar-refractivity contribution in [1.29, 1.82) is 0 Å². The molecule has 0 atom stereocenters. The molecule has 0 N–H and O–H groups in total. The molecule has 0 heterocycles. The summed E-state index contributed by atoms with van der Waals surface area (Å²) in [6.07, 6.45) is 0. The molecule has 0 aromatic heterocycles. The van der Waals surface area contributed by atoms with E-state index in [0.29, 0.717) is 0 Å². The Balaban J connectivity index is 2.44. The van der Waals surface area contributed by atoms with E-state index in [1.807, 2.05) is 0 Å². The van der Waals surface area contributed by atoms with E-state index in [2.05, 4.69) is 0 Å². The average Bonchev–Trinajstić information content (AvgIpc) is 2.45. The largest absolute Gasteiger partial charge is 0.497 e. The number of hydrogen-bond acceptors (Lipinski definition) is 1.